The van der Waals surface area contributed by atoms with Crippen molar-refractivity contribution in [3.8, 4) is 0 Å². The van der Waals surface area contributed by atoms with Crippen LogP contribution < -0.4 is 5.32 Å². The van der Waals surface area contributed by atoms with Gasteiger partial charge in [0.2, 0.25) is 0 Å². The largest absolute Gasteiger partial charge is 0.364 e. The quantitative estimate of drug-likeness (QED) is 0.800. The van der Waals surface area contributed by atoms with Crippen LogP contribution in [-0.2, 0) is 6.42 Å². The number of carbonyl (C=O) groups is 1. The number of nitrogens with one attached hydrogen (secondary N) is 1. The van der Waals surface area contributed by atoms with E-state index in [0.29, 0.717) is 12.1 Å². The molecule has 1 aromatic heterocycles. The van der Waals surface area contributed by atoms with Crippen LogP contribution in [0.4, 0.5) is 0 Å². The molecule has 0 aliphatic rings. The van der Waals surface area contributed by atoms with E-state index < -0.39 is 0 Å². The number of rotatable bonds is 5. The van der Waals surface area contributed by atoms with E-state index in [4.69, 9.17) is 4.52 Å². The predicted octanol–water partition coefficient (Wildman–Crippen LogP) is 2.04. The fraction of sp³-hybridized carbons (Fsp3) is 0.231. The van der Waals surface area contributed by atoms with Gasteiger partial charge in [-0.05, 0) is 25.0 Å². The minimum atomic E-state index is -0.0316. The molecule has 0 saturated carbocycles. The topological polar surface area (TPSA) is 55.1 Å². The van der Waals surface area contributed by atoms with E-state index in [9.17, 15) is 4.79 Å². The average molecular weight is 230 g/mol. The second-order valence-corrected chi connectivity index (χ2v) is 3.76. The molecular weight excluding hydrogens is 216 g/mol. The Labute approximate surface area is 99.6 Å². The van der Waals surface area contributed by atoms with Gasteiger partial charge in [-0.2, -0.15) is 0 Å². The molecule has 4 nitrogen and oxygen atoms in total. The molecular formula is C13H14N2O2. The summed E-state index contributed by atoms with van der Waals surface area (Å²) in [5.74, 6) is -0.0316. The first-order chi connectivity index (χ1) is 8.36. The molecule has 0 unspecified atom stereocenters. The smallest absolute Gasteiger partial charge is 0.251 e. The summed E-state index contributed by atoms with van der Waals surface area (Å²) in [6, 6.07) is 9.20. The highest BCUT2D eigenvalue weighted by molar-refractivity contribution is 5.94. The van der Waals surface area contributed by atoms with Crippen LogP contribution in [0.3, 0.4) is 0 Å². The van der Waals surface area contributed by atoms with Gasteiger partial charge in [-0.1, -0.05) is 23.4 Å². The zero-order chi connectivity index (χ0) is 11.9. The molecule has 0 radical (unpaired) electrons. The number of aryl methyl sites for hydroxylation is 1. The van der Waals surface area contributed by atoms with Crippen LogP contribution in [-0.4, -0.2) is 17.6 Å². The van der Waals surface area contributed by atoms with E-state index in [1.165, 1.54) is 0 Å². The zero-order valence-electron chi connectivity index (χ0n) is 9.43. The summed E-state index contributed by atoms with van der Waals surface area (Å²) >= 11 is 0. The number of nitrogens with zero attached hydrogens (tertiary/aromatic N) is 1. The number of benzene rings is 1. The lowest BCUT2D eigenvalue weighted by Gasteiger charge is -2.03. The fourth-order valence-electron chi connectivity index (χ4n) is 1.54. The Balaban J connectivity index is 1.70. The van der Waals surface area contributed by atoms with Crippen molar-refractivity contribution in [2.45, 2.75) is 12.8 Å². The van der Waals surface area contributed by atoms with Crippen molar-refractivity contribution < 1.29 is 9.32 Å². The van der Waals surface area contributed by atoms with Crippen LogP contribution >= 0.6 is 0 Å². The van der Waals surface area contributed by atoms with Gasteiger partial charge in [-0.3, -0.25) is 4.79 Å². The second-order valence-electron chi connectivity index (χ2n) is 3.76. The van der Waals surface area contributed by atoms with E-state index in [2.05, 4.69) is 10.5 Å². The lowest BCUT2D eigenvalue weighted by molar-refractivity contribution is 0.0953. The van der Waals surface area contributed by atoms with Gasteiger partial charge in [0, 0.05) is 17.7 Å². The summed E-state index contributed by atoms with van der Waals surface area (Å²) in [5, 5.41) is 6.49. The molecule has 0 saturated heterocycles. The molecule has 0 aliphatic carbocycles. The molecule has 0 aliphatic heterocycles. The number of amides is 1. The minimum absolute atomic E-state index is 0.0316. The summed E-state index contributed by atoms with van der Waals surface area (Å²) in [4.78, 5) is 11.7. The number of aromatic nitrogens is 1. The Hall–Kier alpha value is -2.10. The van der Waals surface area contributed by atoms with Crippen molar-refractivity contribution in [1.29, 1.82) is 0 Å². The highest BCUT2D eigenvalue weighted by Crippen LogP contribution is 2.01. The Morgan fingerprint density at radius 2 is 2.12 bits per heavy atom. The first kappa shape index (κ1) is 11.4. The normalized spacial score (nSPS) is 10.1. The van der Waals surface area contributed by atoms with Crippen LogP contribution in [0.15, 0.2) is 47.3 Å². The molecule has 1 aromatic carbocycles. The Bertz CT molecular complexity index is 452. The summed E-state index contributed by atoms with van der Waals surface area (Å²) in [6.07, 6.45) is 5.05. The highest BCUT2D eigenvalue weighted by Gasteiger charge is 2.03. The molecule has 17 heavy (non-hydrogen) atoms. The van der Waals surface area contributed by atoms with Crippen LogP contribution in [0.25, 0.3) is 0 Å². The molecule has 4 heteroatoms. The van der Waals surface area contributed by atoms with Gasteiger partial charge in [0.05, 0.1) is 6.20 Å². The third-order valence-electron chi connectivity index (χ3n) is 2.45. The monoisotopic (exact) mass is 230 g/mol. The van der Waals surface area contributed by atoms with Gasteiger partial charge in [-0.15, -0.1) is 0 Å². The second kappa shape index (κ2) is 5.84. The predicted molar refractivity (Wildman–Crippen MR) is 63.6 cm³/mol. The lowest BCUT2D eigenvalue weighted by atomic mass is 10.2. The summed E-state index contributed by atoms with van der Waals surface area (Å²) in [5.41, 5.74) is 1.75. The maximum absolute atomic E-state index is 11.7. The maximum Gasteiger partial charge on any atom is 0.251 e. The first-order valence-corrected chi connectivity index (χ1v) is 5.58. The van der Waals surface area contributed by atoms with Crippen molar-refractivity contribution >= 4 is 5.91 Å². The first-order valence-electron chi connectivity index (χ1n) is 5.58. The van der Waals surface area contributed by atoms with Gasteiger partial charge in [0.15, 0.2) is 0 Å². The molecule has 0 fully saturated rings. The molecule has 1 heterocycles. The SMILES string of the molecule is O=C(NCCCc1cnoc1)c1ccccc1. The molecule has 1 N–H and O–H groups in total. The summed E-state index contributed by atoms with van der Waals surface area (Å²) in [6.45, 7) is 0.652. The Kier molecular flexibility index (Phi) is 3.91. The molecule has 2 aromatic rings. The van der Waals surface area contributed by atoms with Crippen LogP contribution in [0, 0.1) is 0 Å². The van der Waals surface area contributed by atoms with Crippen molar-refractivity contribution in [3.63, 3.8) is 0 Å². The molecule has 0 spiro atoms. The van der Waals surface area contributed by atoms with Gasteiger partial charge in [0.25, 0.3) is 5.91 Å². The van der Waals surface area contributed by atoms with Gasteiger partial charge < -0.3 is 9.84 Å². The maximum atomic E-state index is 11.7. The van der Waals surface area contributed by atoms with Crippen molar-refractivity contribution in [3.05, 3.63) is 53.9 Å². The van der Waals surface area contributed by atoms with E-state index >= 15 is 0 Å². The molecule has 2 rings (SSSR count). The number of carbonyl (C=O) groups excluding carboxylic acids is 1. The average Bonchev–Trinajstić information content (AvgIpc) is 2.88. The highest BCUT2D eigenvalue weighted by atomic mass is 16.5. The summed E-state index contributed by atoms with van der Waals surface area (Å²) < 4.78 is 4.72. The van der Waals surface area contributed by atoms with E-state index in [0.717, 1.165) is 18.4 Å². The van der Waals surface area contributed by atoms with Gasteiger partial charge >= 0.3 is 0 Å². The molecule has 1 amide bonds. The van der Waals surface area contributed by atoms with E-state index in [1.54, 1.807) is 24.6 Å². The number of hydrogen-bond donors (Lipinski definition) is 1. The standard InChI is InChI=1S/C13H14N2O2/c16-13(12-6-2-1-3-7-12)14-8-4-5-11-9-15-17-10-11/h1-3,6-7,9-10H,4-5,8H2,(H,14,16). The third-order valence-corrected chi connectivity index (χ3v) is 2.45. The molecule has 0 atom stereocenters. The van der Waals surface area contributed by atoms with Crippen LogP contribution in [0.2, 0.25) is 0 Å². The molecule has 88 valence electrons. The fourth-order valence-corrected chi connectivity index (χ4v) is 1.54. The lowest BCUT2D eigenvalue weighted by Crippen LogP contribution is -2.24. The Morgan fingerprint density at radius 3 is 2.82 bits per heavy atom. The molecule has 0 bridgehead atoms. The zero-order valence-corrected chi connectivity index (χ0v) is 9.43. The summed E-state index contributed by atoms with van der Waals surface area (Å²) in [7, 11) is 0. The van der Waals surface area contributed by atoms with Gasteiger partial charge in [0.1, 0.15) is 6.26 Å². The van der Waals surface area contributed by atoms with Crippen molar-refractivity contribution in [2.75, 3.05) is 6.54 Å². The minimum Gasteiger partial charge on any atom is -0.364 e. The van der Waals surface area contributed by atoms with Crippen molar-refractivity contribution in [2.24, 2.45) is 0 Å². The third kappa shape index (κ3) is 3.45. The van der Waals surface area contributed by atoms with E-state index in [-0.39, 0.29) is 5.91 Å². The van der Waals surface area contributed by atoms with Crippen molar-refractivity contribution in [1.82, 2.24) is 10.5 Å². The van der Waals surface area contributed by atoms with Crippen LogP contribution in [0.1, 0.15) is 22.3 Å². The van der Waals surface area contributed by atoms with E-state index in [1.807, 2.05) is 18.2 Å². The van der Waals surface area contributed by atoms with Gasteiger partial charge in [-0.25, -0.2) is 0 Å². The Morgan fingerprint density at radius 1 is 1.29 bits per heavy atom. The van der Waals surface area contributed by atoms with Crippen LogP contribution in [0.5, 0.6) is 0 Å². The number of hydrogen-bond acceptors (Lipinski definition) is 3.